The van der Waals surface area contributed by atoms with Crippen molar-refractivity contribution in [1.29, 1.82) is 0 Å². The number of unbranched alkanes of at least 4 members (excludes halogenated alkanes) is 19. The molecule has 0 bridgehead atoms. The zero-order valence-corrected chi connectivity index (χ0v) is 33.2. The summed E-state index contributed by atoms with van der Waals surface area (Å²) in [6, 6.07) is 0. The van der Waals surface area contributed by atoms with Gasteiger partial charge in [-0.1, -0.05) is 185 Å². The Morgan fingerprint density at radius 2 is 0.880 bits per heavy atom. The maximum Gasteiger partial charge on any atom is 0.306 e. The van der Waals surface area contributed by atoms with Gasteiger partial charge >= 0.3 is 11.9 Å². The summed E-state index contributed by atoms with van der Waals surface area (Å²) in [5.41, 5.74) is 0. The summed E-state index contributed by atoms with van der Waals surface area (Å²) in [4.78, 5) is 24.9. The summed E-state index contributed by atoms with van der Waals surface area (Å²) in [5, 5.41) is 0. The second-order valence-electron chi connectivity index (χ2n) is 13.9. The van der Waals surface area contributed by atoms with Crippen molar-refractivity contribution in [3.8, 4) is 0 Å². The highest BCUT2D eigenvalue weighted by atomic mass is 16.6. The van der Waals surface area contributed by atoms with Crippen LogP contribution in [0.5, 0.6) is 0 Å². The van der Waals surface area contributed by atoms with Crippen LogP contribution in [0, 0.1) is 0 Å². The molecule has 0 amide bonds. The Balaban J connectivity index is 4.15. The maximum absolute atomic E-state index is 12.5. The van der Waals surface area contributed by atoms with Crippen LogP contribution in [0.4, 0.5) is 0 Å². The summed E-state index contributed by atoms with van der Waals surface area (Å²) >= 11 is 0. The minimum atomic E-state index is -0.555. The quantitative estimate of drug-likeness (QED) is 0.0364. The Labute approximate surface area is 310 Å². The predicted octanol–water partition coefficient (Wildman–Crippen LogP) is 13.7. The normalized spacial score (nSPS) is 12.6. The van der Waals surface area contributed by atoms with Gasteiger partial charge in [0.05, 0.1) is 6.61 Å². The molecule has 0 heterocycles. The van der Waals surface area contributed by atoms with E-state index in [4.69, 9.17) is 14.2 Å². The van der Waals surface area contributed by atoms with Gasteiger partial charge in [-0.25, -0.2) is 0 Å². The van der Waals surface area contributed by atoms with Crippen molar-refractivity contribution in [3.63, 3.8) is 0 Å². The Hall–Kier alpha value is -2.14. The molecule has 0 rings (SSSR count). The van der Waals surface area contributed by atoms with Crippen molar-refractivity contribution >= 4 is 11.9 Å². The summed E-state index contributed by atoms with van der Waals surface area (Å²) < 4.78 is 17.1. The van der Waals surface area contributed by atoms with Crippen molar-refractivity contribution in [1.82, 2.24) is 0 Å². The molecule has 0 aliphatic rings. The first kappa shape index (κ1) is 47.9. The molecule has 290 valence electrons. The number of hydrogen-bond acceptors (Lipinski definition) is 5. The van der Waals surface area contributed by atoms with E-state index in [0.717, 1.165) is 70.6 Å². The van der Waals surface area contributed by atoms with E-state index in [-0.39, 0.29) is 25.2 Å². The lowest BCUT2D eigenvalue weighted by Crippen LogP contribution is -2.30. The zero-order chi connectivity index (χ0) is 36.4. The molecule has 0 N–H and O–H groups in total. The summed E-state index contributed by atoms with van der Waals surface area (Å²) in [7, 11) is 0. The number of allylic oxidation sites excluding steroid dienone is 8. The van der Waals surface area contributed by atoms with Crippen molar-refractivity contribution in [2.24, 2.45) is 0 Å². The number of esters is 2. The summed E-state index contributed by atoms with van der Waals surface area (Å²) in [6.45, 7) is 7.51. The first-order valence-electron chi connectivity index (χ1n) is 21.2. The van der Waals surface area contributed by atoms with Crippen LogP contribution < -0.4 is 0 Å². The van der Waals surface area contributed by atoms with E-state index in [1.54, 1.807) is 0 Å². The van der Waals surface area contributed by atoms with Crippen molar-refractivity contribution < 1.29 is 23.8 Å². The number of hydrogen-bond donors (Lipinski definition) is 0. The number of carbonyl (C=O) groups excluding carboxylic acids is 2. The van der Waals surface area contributed by atoms with Crippen LogP contribution in [-0.4, -0.2) is 37.9 Å². The second-order valence-corrected chi connectivity index (χ2v) is 13.9. The molecular weight excluding hydrogens is 620 g/mol. The molecule has 0 aromatic heterocycles. The van der Waals surface area contributed by atoms with Crippen LogP contribution in [0.1, 0.15) is 201 Å². The largest absolute Gasteiger partial charge is 0.462 e. The van der Waals surface area contributed by atoms with Gasteiger partial charge in [0.1, 0.15) is 6.61 Å². The SMILES string of the molecule is CC/C=C\C/C=C\C/C=C\C/C=C\CCCOCC(COC(=O)CCCCCCCCCCCCCCCCC)OC(=O)CCCCCCC. The van der Waals surface area contributed by atoms with Crippen LogP contribution in [0.25, 0.3) is 0 Å². The Kier molecular flexibility index (Phi) is 39.5. The molecule has 0 saturated heterocycles. The predicted molar refractivity (Wildman–Crippen MR) is 215 cm³/mol. The van der Waals surface area contributed by atoms with E-state index in [0.29, 0.717) is 19.4 Å². The average Bonchev–Trinajstić information content (AvgIpc) is 3.11. The van der Waals surface area contributed by atoms with Crippen molar-refractivity contribution in [3.05, 3.63) is 48.6 Å². The monoisotopic (exact) mass is 701 g/mol. The van der Waals surface area contributed by atoms with E-state index >= 15 is 0 Å². The molecule has 0 radical (unpaired) electrons. The topological polar surface area (TPSA) is 61.8 Å². The number of ether oxygens (including phenoxy) is 3. The van der Waals surface area contributed by atoms with Crippen LogP contribution in [0.15, 0.2) is 48.6 Å². The lowest BCUT2D eigenvalue weighted by atomic mass is 10.0. The van der Waals surface area contributed by atoms with Gasteiger partial charge in [-0.3, -0.25) is 9.59 Å². The second kappa shape index (κ2) is 41.3. The Bertz CT molecular complexity index is 842. The maximum atomic E-state index is 12.5. The molecule has 0 aliphatic heterocycles. The lowest BCUT2D eigenvalue weighted by molar-refractivity contribution is -0.163. The minimum absolute atomic E-state index is 0.0655. The number of carbonyl (C=O) groups is 2. The first-order chi connectivity index (χ1) is 24.6. The van der Waals surface area contributed by atoms with Gasteiger partial charge in [0.25, 0.3) is 0 Å². The molecule has 0 aromatic rings. The highest BCUT2D eigenvalue weighted by Gasteiger charge is 2.17. The molecule has 0 spiro atoms. The highest BCUT2D eigenvalue weighted by Crippen LogP contribution is 2.14. The summed E-state index contributed by atoms with van der Waals surface area (Å²) in [5.74, 6) is -0.437. The minimum Gasteiger partial charge on any atom is -0.462 e. The smallest absolute Gasteiger partial charge is 0.306 e. The van der Waals surface area contributed by atoms with Gasteiger partial charge in [0.2, 0.25) is 0 Å². The molecule has 5 heteroatoms. The van der Waals surface area contributed by atoms with Crippen LogP contribution >= 0.6 is 0 Å². The van der Waals surface area contributed by atoms with E-state index in [1.165, 1.54) is 96.3 Å². The molecule has 0 aromatic carbocycles. The lowest BCUT2D eigenvalue weighted by Gasteiger charge is -2.18. The Morgan fingerprint density at radius 1 is 0.460 bits per heavy atom. The van der Waals surface area contributed by atoms with Gasteiger partial charge in [-0.15, -0.1) is 0 Å². The van der Waals surface area contributed by atoms with Gasteiger partial charge in [0.15, 0.2) is 6.10 Å². The molecular formula is C45H80O5. The van der Waals surface area contributed by atoms with Crippen LogP contribution in [-0.2, 0) is 23.8 Å². The third-order valence-corrected chi connectivity index (χ3v) is 8.88. The standard InChI is InChI=1S/C45H80O5/c1-4-7-10-13-15-17-19-21-23-24-26-28-30-33-35-38-44(46)49-42-43(50-45(47)39-36-32-12-9-6-3)41-48-40-37-34-31-29-27-25-22-20-18-16-14-11-8-5-2/h8,11,16,18,22,25,29,31,43H,4-7,9-10,12-15,17,19-21,23-24,26-28,30,32-42H2,1-3H3/b11-8-,18-16-,25-22-,31-29-. The third-order valence-electron chi connectivity index (χ3n) is 8.88. The molecule has 1 unspecified atom stereocenters. The molecule has 1 atom stereocenters. The van der Waals surface area contributed by atoms with Crippen molar-refractivity contribution in [2.45, 2.75) is 207 Å². The van der Waals surface area contributed by atoms with Gasteiger partial charge in [-0.2, -0.15) is 0 Å². The van der Waals surface area contributed by atoms with E-state index < -0.39 is 6.10 Å². The van der Waals surface area contributed by atoms with E-state index in [2.05, 4.69) is 69.4 Å². The fourth-order valence-electron chi connectivity index (χ4n) is 5.75. The van der Waals surface area contributed by atoms with Crippen molar-refractivity contribution in [2.75, 3.05) is 19.8 Å². The highest BCUT2D eigenvalue weighted by molar-refractivity contribution is 5.70. The molecule has 50 heavy (non-hydrogen) atoms. The van der Waals surface area contributed by atoms with Gasteiger partial charge in [0, 0.05) is 19.4 Å². The number of rotatable bonds is 38. The third kappa shape index (κ3) is 38.7. The molecule has 5 nitrogen and oxygen atoms in total. The fraction of sp³-hybridized carbons (Fsp3) is 0.778. The zero-order valence-electron chi connectivity index (χ0n) is 33.2. The average molecular weight is 701 g/mol. The summed E-state index contributed by atoms with van der Waals surface area (Å²) in [6.07, 6.45) is 48.6. The molecule has 0 saturated carbocycles. The fourth-order valence-corrected chi connectivity index (χ4v) is 5.75. The van der Waals surface area contributed by atoms with Gasteiger partial charge < -0.3 is 14.2 Å². The van der Waals surface area contributed by atoms with Crippen LogP contribution in [0.2, 0.25) is 0 Å². The van der Waals surface area contributed by atoms with Crippen LogP contribution in [0.3, 0.4) is 0 Å². The first-order valence-corrected chi connectivity index (χ1v) is 21.2. The van der Waals surface area contributed by atoms with E-state index in [1.807, 2.05) is 0 Å². The molecule has 0 fully saturated rings. The van der Waals surface area contributed by atoms with E-state index in [9.17, 15) is 9.59 Å². The van der Waals surface area contributed by atoms with Gasteiger partial charge in [-0.05, 0) is 51.4 Å². The molecule has 0 aliphatic carbocycles. The Morgan fingerprint density at radius 3 is 1.36 bits per heavy atom.